The molecule has 0 amide bonds. The number of carbonyl (C=O) groups is 1. The summed E-state index contributed by atoms with van der Waals surface area (Å²) in [6, 6.07) is 0. The van der Waals surface area contributed by atoms with Crippen LogP contribution in [-0.2, 0) is 4.79 Å². The molecule has 0 aliphatic heterocycles. The fourth-order valence-electron chi connectivity index (χ4n) is 7.38. The molecule has 2 unspecified atom stereocenters. The fraction of sp³-hybridized carbons (Fsp3) is 0.950. The van der Waals surface area contributed by atoms with Crippen molar-refractivity contribution in [2.24, 2.45) is 34.0 Å². The van der Waals surface area contributed by atoms with Gasteiger partial charge in [0, 0.05) is 11.8 Å². The standard InChI is InChI=1S/C20H32O2/c1-18-9-6-14(21)12-13(18)4-5-16-15(18)7-10-20(3)17(22)8-11-19(16,20)2/h13-16,21H,4-12H2,1-3H3/t13?,14-,15?,16-,18+,19+,20-/m1/s1. The van der Waals surface area contributed by atoms with Crippen LogP contribution in [0, 0.1) is 34.0 Å². The average molecular weight is 304 g/mol. The number of fused-ring (bicyclic) bond motifs is 5. The highest BCUT2D eigenvalue weighted by molar-refractivity contribution is 5.88. The maximum atomic E-state index is 12.6. The van der Waals surface area contributed by atoms with E-state index in [9.17, 15) is 9.90 Å². The highest BCUT2D eigenvalue weighted by Gasteiger charge is 2.65. The molecule has 4 saturated carbocycles. The molecule has 4 rings (SSSR count). The van der Waals surface area contributed by atoms with Crippen LogP contribution in [0.15, 0.2) is 0 Å². The minimum atomic E-state index is -0.0628. The van der Waals surface area contributed by atoms with E-state index in [2.05, 4.69) is 20.8 Å². The number of hydrogen-bond donors (Lipinski definition) is 1. The summed E-state index contributed by atoms with van der Waals surface area (Å²) < 4.78 is 0. The first kappa shape index (κ1) is 15.2. The molecular weight excluding hydrogens is 272 g/mol. The summed E-state index contributed by atoms with van der Waals surface area (Å²) in [5, 5.41) is 10.1. The predicted molar refractivity (Wildman–Crippen MR) is 87.4 cm³/mol. The summed E-state index contributed by atoms with van der Waals surface area (Å²) >= 11 is 0. The molecule has 4 aliphatic carbocycles. The number of ketones is 1. The summed E-state index contributed by atoms with van der Waals surface area (Å²) in [4.78, 5) is 12.6. The van der Waals surface area contributed by atoms with Crippen LogP contribution < -0.4 is 0 Å². The number of carbonyl (C=O) groups excluding carboxylic acids is 1. The molecule has 2 nitrogen and oxygen atoms in total. The Bertz CT molecular complexity index is 500. The molecule has 22 heavy (non-hydrogen) atoms. The number of aliphatic hydroxyl groups excluding tert-OH is 1. The Hall–Kier alpha value is -0.370. The van der Waals surface area contributed by atoms with Gasteiger partial charge in [-0.05, 0) is 80.0 Å². The van der Waals surface area contributed by atoms with Crippen molar-refractivity contribution in [1.82, 2.24) is 0 Å². The monoisotopic (exact) mass is 304 g/mol. The molecule has 124 valence electrons. The van der Waals surface area contributed by atoms with Crippen LogP contribution in [0.5, 0.6) is 0 Å². The first-order valence-electron chi connectivity index (χ1n) is 9.53. The molecule has 0 bridgehead atoms. The topological polar surface area (TPSA) is 37.3 Å². The Balaban J connectivity index is 1.69. The molecule has 0 spiro atoms. The van der Waals surface area contributed by atoms with Gasteiger partial charge in [-0.15, -0.1) is 0 Å². The molecule has 4 aliphatic rings. The van der Waals surface area contributed by atoms with Crippen molar-refractivity contribution < 1.29 is 9.90 Å². The smallest absolute Gasteiger partial charge is 0.139 e. The van der Waals surface area contributed by atoms with Crippen molar-refractivity contribution in [2.75, 3.05) is 0 Å². The highest BCUT2D eigenvalue weighted by Crippen LogP contribution is 2.70. The largest absolute Gasteiger partial charge is 0.393 e. The van der Waals surface area contributed by atoms with Crippen molar-refractivity contribution >= 4 is 5.78 Å². The zero-order chi connectivity index (χ0) is 15.8. The van der Waals surface area contributed by atoms with Crippen molar-refractivity contribution in [3.8, 4) is 0 Å². The van der Waals surface area contributed by atoms with Crippen LogP contribution in [0.2, 0.25) is 0 Å². The Labute approximate surface area is 135 Å². The van der Waals surface area contributed by atoms with E-state index >= 15 is 0 Å². The minimum Gasteiger partial charge on any atom is -0.393 e. The molecule has 0 aromatic heterocycles. The second kappa shape index (κ2) is 4.59. The lowest BCUT2D eigenvalue weighted by Gasteiger charge is -2.63. The van der Waals surface area contributed by atoms with Gasteiger partial charge in [-0.2, -0.15) is 0 Å². The third kappa shape index (κ3) is 1.68. The molecule has 1 N–H and O–H groups in total. The summed E-state index contributed by atoms with van der Waals surface area (Å²) in [5.74, 6) is 2.76. The highest BCUT2D eigenvalue weighted by atomic mass is 16.3. The maximum Gasteiger partial charge on any atom is 0.139 e. The van der Waals surface area contributed by atoms with E-state index in [0.29, 0.717) is 17.1 Å². The number of hydrogen-bond acceptors (Lipinski definition) is 2. The van der Waals surface area contributed by atoms with Crippen LogP contribution in [0.25, 0.3) is 0 Å². The van der Waals surface area contributed by atoms with Gasteiger partial charge in [0.15, 0.2) is 0 Å². The van der Waals surface area contributed by atoms with E-state index in [1.807, 2.05) is 0 Å². The first-order valence-corrected chi connectivity index (χ1v) is 9.53. The molecule has 4 fully saturated rings. The van der Waals surface area contributed by atoms with Gasteiger partial charge in [0.2, 0.25) is 0 Å². The van der Waals surface area contributed by atoms with Crippen LogP contribution in [-0.4, -0.2) is 17.0 Å². The van der Waals surface area contributed by atoms with E-state index < -0.39 is 0 Å². The van der Waals surface area contributed by atoms with Crippen LogP contribution in [0.4, 0.5) is 0 Å². The van der Waals surface area contributed by atoms with Crippen molar-refractivity contribution in [1.29, 1.82) is 0 Å². The summed E-state index contributed by atoms with van der Waals surface area (Å²) in [6.45, 7) is 7.23. The molecule has 0 radical (unpaired) electrons. The van der Waals surface area contributed by atoms with Gasteiger partial charge >= 0.3 is 0 Å². The van der Waals surface area contributed by atoms with E-state index in [4.69, 9.17) is 0 Å². The molecule has 0 saturated heterocycles. The predicted octanol–water partition coefficient (Wildman–Crippen LogP) is 4.35. The zero-order valence-electron chi connectivity index (χ0n) is 14.5. The third-order valence-corrected chi connectivity index (χ3v) is 9.19. The third-order valence-electron chi connectivity index (χ3n) is 9.19. The van der Waals surface area contributed by atoms with Crippen LogP contribution in [0.3, 0.4) is 0 Å². The average Bonchev–Trinajstić information content (AvgIpc) is 2.72. The Morgan fingerprint density at radius 1 is 0.955 bits per heavy atom. The van der Waals surface area contributed by atoms with Crippen LogP contribution >= 0.6 is 0 Å². The second-order valence-corrected chi connectivity index (χ2v) is 9.63. The lowest BCUT2D eigenvalue weighted by atomic mass is 9.41. The van der Waals surface area contributed by atoms with Crippen molar-refractivity contribution in [3.63, 3.8) is 0 Å². The van der Waals surface area contributed by atoms with Gasteiger partial charge in [0.25, 0.3) is 0 Å². The normalized spacial score (nSPS) is 57.9. The minimum absolute atomic E-state index is 0.0501. The van der Waals surface area contributed by atoms with Gasteiger partial charge < -0.3 is 5.11 Å². The maximum absolute atomic E-state index is 12.6. The van der Waals surface area contributed by atoms with E-state index in [1.165, 1.54) is 25.7 Å². The van der Waals surface area contributed by atoms with E-state index in [-0.39, 0.29) is 16.9 Å². The number of Topliss-reactive ketones (excluding diaryl/α,β-unsaturated/α-hetero) is 1. The summed E-state index contributed by atoms with van der Waals surface area (Å²) in [7, 11) is 0. The quantitative estimate of drug-likeness (QED) is 0.722. The van der Waals surface area contributed by atoms with E-state index in [1.54, 1.807) is 0 Å². The van der Waals surface area contributed by atoms with Gasteiger partial charge in [-0.3, -0.25) is 4.79 Å². The molecule has 2 heteroatoms. The van der Waals surface area contributed by atoms with Crippen molar-refractivity contribution in [3.05, 3.63) is 0 Å². The second-order valence-electron chi connectivity index (χ2n) is 9.63. The summed E-state index contributed by atoms with van der Waals surface area (Å²) in [6.07, 6.45) is 9.98. The summed E-state index contributed by atoms with van der Waals surface area (Å²) in [5.41, 5.74) is 0.598. The lowest BCUT2D eigenvalue weighted by Crippen LogP contribution is -2.57. The molecule has 0 aromatic rings. The van der Waals surface area contributed by atoms with Gasteiger partial charge in [0.05, 0.1) is 6.10 Å². The van der Waals surface area contributed by atoms with E-state index in [0.717, 1.165) is 43.9 Å². The SMILES string of the molecule is C[C@]12CC[C@@H](O)CC1CC[C@@H]1C2CC[C@]2(C)C(=O)CC[C@@]12C. The van der Waals surface area contributed by atoms with Gasteiger partial charge in [0.1, 0.15) is 5.78 Å². The Morgan fingerprint density at radius 3 is 2.50 bits per heavy atom. The molecule has 0 heterocycles. The Kier molecular flexibility index (Phi) is 3.16. The van der Waals surface area contributed by atoms with Gasteiger partial charge in [-0.1, -0.05) is 20.8 Å². The molecular formula is C20H32O2. The van der Waals surface area contributed by atoms with Crippen molar-refractivity contribution in [2.45, 2.75) is 84.7 Å². The molecule has 0 aromatic carbocycles. The zero-order valence-corrected chi connectivity index (χ0v) is 14.5. The van der Waals surface area contributed by atoms with Gasteiger partial charge in [-0.25, -0.2) is 0 Å². The lowest BCUT2D eigenvalue weighted by molar-refractivity contribution is -0.163. The van der Waals surface area contributed by atoms with Crippen LogP contribution in [0.1, 0.15) is 78.6 Å². The fourth-order valence-corrected chi connectivity index (χ4v) is 7.38. The molecule has 7 atom stereocenters. The number of aliphatic hydroxyl groups is 1. The Morgan fingerprint density at radius 2 is 1.73 bits per heavy atom. The number of rotatable bonds is 0. The first-order chi connectivity index (χ1) is 10.3.